The van der Waals surface area contributed by atoms with E-state index in [1.54, 1.807) is 0 Å². The van der Waals surface area contributed by atoms with Crippen LogP contribution in [0.2, 0.25) is 0 Å². The SMILES string of the molecule is Cc1c(CS)cc2ccccc2c1CS. The van der Waals surface area contributed by atoms with Gasteiger partial charge in [0.15, 0.2) is 0 Å². The number of hydrogen-bond acceptors (Lipinski definition) is 2. The van der Waals surface area contributed by atoms with Crippen molar-refractivity contribution in [3.63, 3.8) is 0 Å². The molecule has 0 radical (unpaired) electrons. The zero-order valence-electron chi connectivity index (χ0n) is 8.70. The molecule has 15 heavy (non-hydrogen) atoms. The molecule has 2 rings (SSSR count). The molecule has 0 nitrogen and oxygen atoms in total. The van der Waals surface area contributed by atoms with E-state index in [0.29, 0.717) is 0 Å². The molecule has 78 valence electrons. The molecule has 0 atom stereocenters. The smallest absolute Gasteiger partial charge is 0.0163 e. The van der Waals surface area contributed by atoms with Crippen molar-refractivity contribution in [3.05, 3.63) is 47.0 Å². The van der Waals surface area contributed by atoms with Gasteiger partial charge in [-0.2, -0.15) is 25.3 Å². The predicted molar refractivity (Wildman–Crippen MR) is 74.1 cm³/mol. The molecular weight excluding hydrogens is 220 g/mol. The summed E-state index contributed by atoms with van der Waals surface area (Å²) < 4.78 is 0. The van der Waals surface area contributed by atoms with Crippen molar-refractivity contribution in [2.75, 3.05) is 0 Å². The summed E-state index contributed by atoms with van der Waals surface area (Å²) in [6.07, 6.45) is 0. The van der Waals surface area contributed by atoms with Crippen LogP contribution in [-0.2, 0) is 11.5 Å². The zero-order chi connectivity index (χ0) is 10.8. The van der Waals surface area contributed by atoms with Gasteiger partial charge in [-0.15, -0.1) is 0 Å². The van der Waals surface area contributed by atoms with E-state index in [1.165, 1.54) is 27.5 Å². The summed E-state index contributed by atoms with van der Waals surface area (Å²) in [5, 5.41) is 2.60. The fraction of sp³-hybridized carbons (Fsp3) is 0.231. The molecule has 0 amide bonds. The van der Waals surface area contributed by atoms with Crippen LogP contribution in [0.15, 0.2) is 30.3 Å². The van der Waals surface area contributed by atoms with Crippen molar-refractivity contribution in [2.45, 2.75) is 18.4 Å². The molecule has 0 aliphatic rings. The monoisotopic (exact) mass is 234 g/mol. The van der Waals surface area contributed by atoms with Crippen molar-refractivity contribution in [1.29, 1.82) is 0 Å². The lowest BCUT2D eigenvalue weighted by Gasteiger charge is -2.12. The summed E-state index contributed by atoms with van der Waals surface area (Å²) in [6, 6.07) is 10.7. The fourth-order valence-corrected chi connectivity index (χ4v) is 2.69. The summed E-state index contributed by atoms with van der Waals surface area (Å²) in [4.78, 5) is 0. The number of thiol groups is 2. The average molecular weight is 234 g/mol. The molecule has 0 bridgehead atoms. The van der Waals surface area contributed by atoms with Crippen molar-refractivity contribution < 1.29 is 0 Å². The van der Waals surface area contributed by atoms with Crippen LogP contribution in [-0.4, -0.2) is 0 Å². The molecule has 0 N–H and O–H groups in total. The summed E-state index contributed by atoms with van der Waals surface area (Å²) >= 11 is 8.78. The standard InChI is InChI=1S/C13H14S2/c1-9-11(7-14)6-10-4-2-3-5-12(10)13(9)8-15/h2-6,14-15H,7-8H2,1H3. The van der Waals surface area contributed by atoms with Gasteiger partial charge in [0.1, 0.15) is 0 Å². The first kappa shape index (κ1) is 10.9. The largest absolute Gasteiger partial charge is 0.175 e. The Morgan fingerprint density at radius 3 is 2.47 bits per heavy atom. The van der Waals surface area contributed by atoms with Gasteiger partial charge in [0.05, 0.1) is 0 Å². The average Bonchev–Trinajstić information content (AvgIpc) is 2.28. The van der Waals surface area contributed by atoms with E-state index >= 15 is 0 Å². The molecule has 0 heterocycles. The topological polar surface area (TPSA) is 0 Å². The molecule has 0 spiro atoms. The van der Waals surface area contributed by atoms with E-state index in [4.69, 9.17) is 0 Å². The number of hydrogen-bond donors (Lipinski definition) is 2. The minimum Gasteiger partial charge on any atom is -0.175 e. The summed E-state index contributed by atoms with van der Waals surface area (Å²) in [6.45, 7) is 2.16. The number of rotatable bonds is 2. The molecule has 0 saturated heterocycles. The highest BCUT2D eigenvalue weighted by Crippen LogP contribution is 2.27. The third kappa shape index (κ3) is 1.88. The Morgan fingerprint density at radius 1 is 1.07 bits per heavy atom. The summed E-state index contributed by atoms with van der Waals surface area (Å²) in [7, 11) is 0. The number of fused-ring (bicyclic) bond motifs is 1. The first-order chi connectivity index (χ1) is 7.27. The number of benzene rings is 2. The second-order valence-corrected chi connectivity index (χ2v) is 4.31. The van der Waals surface area contributed by atoms with E-state index in [9.17, 15) is 0 Å². The van der Waals surface area contributed by atoms with Gasteiger partial charge in [0.25, 0.3) is 0 Å². The predicted octanol–water partition coefficient (Wildman–Crippen LogP) is 4.01. The lowest BCUT2D eigenvalue weighted by molar-refractivity contribution is 1.26. The third-order valence-corrected chi connectivity index (χ3v) is 3.54. The van der Waals surface area contributed by atoms with Crippen LogP contribution in [0.1, 0.15) is 16.7 Å². The molecule has 0 aliphatic heterocycles. The Balaban J connectivity index is 2.83. The van der Waals surface area contributed by atoms with Crippen molar-refractivity contribution >= 4 is 36.0 Å². The van der Waals surface area contributed by atoms with Gasteiger partial charge in [-0.25, -0.2) is 0 Å². The van der Waals surface area contributed by atoms with Crippen molar-refractivity contribution in [3.8, 4) is 0 Å². The highest BCUT2D eigenvalue weighted by atomic mass is 32.1. The van der Waals surface area contributed by atoms with E-state index in [1.807, 2.05) is 0 Å². The van der Waals surface area contributed by atoms with E-state index in [0.717, 1.165) is 11.5 Å². The van der Waals surface area contributed by atoms with Crippen LogP contribution in [0.5, 0.6) is 0 Å². The van der Waals surface area contributed by atoms with E-state index < -0.39 is 0 Å². The Kier molecular flexibility index (Phi) is 3.27. The van der Waals surface area contributed by atoms with Crippen LogP contribution in [0.4, 0.5) is 0 Å². The molecule has 2 aromatic carbocycles. The Labute approximate surface area is 102 Å². The molecule has 2 heteroatoms. The van der Waals surface area contributed by atoms with Gasteiger partial charge in [0, 0.05) is 11.5 Å². The Bertz CT molecular complexity index is 489. The van der Waals surface area contributed by atoms with E-state index in [-0.39, 0.29) is 0 Å². The molecule has 0 aromatic heterocycles. The quantitative estimate of drug-likeness (QED) is 0.721. The lowest BCUT2D eigenvalue weighted by Crippen LogP contribution is -1.93. The van der Waals surface area contributed by atoms with Crippen molar-refractivity contribution in [2.24, 2.45) is 0 Å². The second kappa shape index (κ2) is 4.50. The molecule has 0 aliphatic carbocycles. The first-order valence-corrected chi connectivity index (χ1v) is 6.26. The highest BCUT2D eigenvalue weighted by molar-refractivity contribution is 7.79. The molecular formula is C13H14S2. The van der Waals surface area contributed by atoms with Crippen LogP contribution < -0.4 is 0 Å². The lowest BCUT2D eigenvalue weighted by atomic mass is 9.96. The van der Waals surface area contributed by atoms with Gasteiger partial charge in [-0.3, -0.25) is 0 Å². The van der Waals surface area contributed by atoms with Crippen LogP contribution in [0, 0.1) is 6.92 Å². The van der Waals surface area contributed by atoms with Gasteiger partial charge >= 0.3 is 0 Å². The maximum absolute atomic E-state index is 4.42. The maximum Gasteiger partial charge on any atom is 0.0163 e. The third-order valence-electron chi connectivity index (χ3n) is 2.88. The molecule has 0 fully saturated rings. The van der Waals surface area contributed by atoms with E-state index in [2.05, 4.69) is 62.5 Å². The van der Waals surface area contributed by atoms with Gasteiger partial charge in [0.2, 0.25) is 0 Å². The Hall–Kier alpha value is -0.600. The maximum atomic E-state index is 4.42. The van der Waals surface area contributed by atoms with Crippen LogP contribution in [0.3, 0.4) is 0 Å². The molecule has 0 saturated carbocycles. The van der Waals surface area contributed by atoms with Gasteiger partial charge < -0.3 is 0 Å². The minimum absolute atomic E-state index is 0.786. The fourth-order valence-electron chi connectivity index (χ4n) is 1.96. The Morgan fingerprint density at radius 2 is 1.80 bits per heavy atom. The normalized spacial score (nSPS) is 10.9. The first-order valence-electron chi connectivity index (χ1n) is 4.99. The van der Waals surface area contributed by atoms with Crippen LogP contribution in [0.25, 0.3) is 10.8 Å². The zero-order valence-corrected chi connectivity index (χ0v) is 10.5. The van der Waals surface area contributed by atoms with Gasteiger partial charge in [-0.1, -0.05) is 30.3 Å². The molecule has 0 unspecified atom stereocenters. The van der Waals surface area contributed by atoms with Gasteiger partial charge in [-0.05, 0) is 34.4 Å². The van der Waals surface area contributed by atoms with Crippen molar-refractivity contribution in [1.82, 2.24) is 0 Å². The molecule has 2 aromatic rings. The highest BCUT2D eigenvalue weighted by Gasteiger charge is 2.07. The summed E-state index contributed by atoms with van der Waals surface area (Å²) in [5.74, 6) is 1.57. The minimum atomic E-state index is 0.786. The summed E-state index contributed by atoms with van der Waals surface area (Å²) in [5.41, 5.74) is 3.97. The van der Waals surface area contributed by atoms with Crippen LogP contribution >= 0.6 is 25.3 Å². The second-order valence-electron chi connectivity index (χ2n) is 3.68.